The zero-order valence-electron chi connectivity index (χ0n) is 26.9. The minimum atomic E-state index is -0.916. The van der Waals surface area contributed by atoms with E-state index < -0.39 is 11.9 Å². The van der Waals surface area contributed by atoms with Crippen LogP contribution in [0, 0.1) is 5.92 Å². The van der Waals surface area contributed by atoms with Crippen LogP contribution in [0.4, 0.5) is 0 Å². The largest absolute Gasteiger partial charge is 0.481 e. The van der Waals surface area contributed by atoms with Crippen LogP contribution in [-0.2, 0) is 14.3 Å². The average Bonchev–Trinajstić information content (AvgIpc) is 2.94. The van der Waals surface area contributed by atoms with Crippen LogP contribution in [0.1, 0.15) is 194 Å². The summed E-state index contributed by atoms with van der Waals surface area (Å²) in [5.41, 5.74) is 0. The molecule has 0 aromatic carbocycles. The van der Waals surface area contributed by atoms with Gasteiger partial charge < -0.3 is 9.84 Å². The lowest BCUT2D eigenvalue weighted by molar-refractivity contribution is -0.153. The predicted molar refractivity (Wildman–Crippen MR) is 172 cm³/mol. The molecule has 0 spiro atoms. The molecule has 236 valence electrons. The second kappa shape index (κ2) is 32.2. The van der Waals surface area contributed by atoms with Crippen LogP contribution >= 0.6 is 0 Å². The van der Waals surface area contributed by atoms with Crippen LogP contribution in [0.15, 0.2) is 12.2 Å². The molecule has 1 atom stereocenters. The van der Waals surface area contributed by atoms with Crippen molar-refractivity contribution in [3.05, 3.63) is 12.2 Å². The zero-order chi connectivity index (χ0) is 29.4. The third kappa shape index (κ3) is 29.7. The summed E-state index contributed by atoms with van der Waals surface area (Å²) >= 11 is 0. The third-order valence-electron chi connectivity index (χ3n) is 8.02. The Kier molecular flexibility index (Phi) is 31.1. The van der Waals surface area contributed by atoms with Crippen LogP contribution < -0.4 is 0 Å². The lowest BCUT2D eigenvalue weighted by Gasteiger charge is -2.13. The number of carboxylic acid groups (broad SMARTS) is 1. The van der Waals surface area contributed by atoms with E-state index in [0.29, 0.717) is 13.0 Å². The molecular weight excluding hydrogens is 496 g/mol. The van der Waals surface area contributed by atoms with E-state index in [9.17, 15) is 9.59 Å². The monoisotopic (exact) mass is 565 g/mol. The van der Waals surface area contributed by atoms with Crippen molar-refractivity contribution in [2.24, 2.45) is 5.92 Å². The summed E-state index contributed by atoms with van der Waals surface area (Å²) in [7, 11) is 0. The number of unbranched alkanes of at least 4 members (excludes halogenated alkanes) is 23. The van der Waals surface area contributed by atoms with Crippen molar-refractivity contribution in [2.45, 2.75) is 194 Å². The molecule has 1 N–H and O–H groups in total. The number of carbonyl (C=O) groups excluding carboxylic acids is 1. The molecule has 0 saturated carbocycles. The van der Waals surface area contributed by atoms with Crippen molar-refractivity contribution < 1.29 is 19.4 Å². The number of ether oxygens (including phenoxy) is 1. The number of hydrogen-bond acceptors (Lipinski definition) is 3. The first-order valence-electron chi connectivity index (χ1n) is 17.6. The first-order chi connectivity index (χ1) is 19.6. The highest BCUT2D eigenvalue weighted by molar-refractivity contribution is 5.79. The van der Waals surface area contributed by atoms with Crippen LogP contribution in [0.2, 0.25) is 0 Å². The fraction of sp³-hybridized carbons (Fsp3) is 0.889. The zero-order valence-corrected chi connectivity index (χ0v) is 26.9. The number of esters is 1. The van der Waals surface area contributed by atoms with E-state index in [-0.39, 0.29) is 12.4 Å². The van der Waals surface area contributed by atoms with Crippen LogP contribution in [0.5, 0.6) is 0 Å². The maximum atomic E-state index is 12.0. The minimum Gasteiger partial charge on any atom is -0.481 e. The van der Waals surface area contributed by atoms with Gasteiger partial charge in [-0.25, -0.2) is 0 Å². The van der Waals surface area contributed by atoms with Crippen LogP contribution in [0.25, 0.3) is 0 Å². The van der Waals surface area contributed by atoms with Gasteiger partial charge in [-0.3, -0.25) is 9.59 Å². The highest BCUT2D eigenvalue weighted by Crippen LogP contribution is 2.18. The Labute approximate surface area is 249 Å². The van der Waals surface area contributed by atoms with E-state index in [1.807, 2.05) is 6.92 Å². The molecule has 0 fully saturated rings. The van der Waals surface area contributed by atoms with Gasteiger partial charge in [-0.2, -0.15) is 0 Å². The molecule has 0 heterocycles. The topological polar surface area (TPSA) is 63.6 Å². The quantitative estimate of drug-likeness (QED) is 0.0501. The third-order valence-corrected chi connectivity index (χ3v) is 8.02. The first kappa shape index (κ1) is 38.7. The maximum Gasteiger partial charge on any atom is 0.309 e. The molecule has 0 aliphatic heterocycles. The summed E-state index contributed by atoms with van der Waals surface area (Å²) in [6.07, 6.45) is 39.5. The van der Waals surface area contributed by atoms with Crippen molar-refractivity contribution in [2.75, 3.05) is 6.61 Å². The Morgan fingerprint density at radius 1 is 0.550 bits per heavy atom. The van der Waals surface area contributed by atoms with Crippen molar-refractivity contribution in [3.63, 3.8) is 0 Å². The SMILES string of the molecule is CCCCCCCCCCC/C=C/CCCCCCCCCCCCCCCCC(CC(=O)O)C(=O)OCCC. The summed E-state index contributed by atoms with van der Waals surface area (Å²) in [5.74, 6) is -1.74. The predicted octanol–water partition coefficient (Wildman–Crippen LogP) is 11.7. The van der Waals surface area contributed by atoms with Gasteiger partial charge in [-0.15, -0.1) is 0 Å². The second-order valence-corrected chi connectivity index (χ2v) is 12.1. The van der Waals surface area contributed by atoms with Crippen molar-refractivity contribution in [3.8, 4) is 0 Å². The van der Waals surface area contributed by atoms with E-state index >= 15 is 0 Å². The molecule has 0 rings (SSSR count). The van der Waals surface area contributed by atoms with Crippen LogP contribution in [0.3, 0.4) is 0 Å². The van der Waals surface area contributed by atoms with Crippen molar-refractivity contribution >= 4 is 11.9 Å². The minimum absolute atomic E-state index is 0.112. The molecule has 0 bridgehead atoms. The van der Waals surface area contributed by atoms with E-state index in [0.717, 1.165) is 19.3 Å². The smallest absolute Gasteiger partial charge is 0.309 e. The number of carbonyl (C=O) groups is 2. The molecule has 1 unspecified atom stereocenters. The van der Waals surface area contributed by atoms with Gasteiger partial charge in [0.25, 0.3) is 0 Å². The molecular formula is C36H68O4. The Balaban J connectivity index is 3.34. The summed E-state index contributed by atoms with van der Waals surface area (Å²) in [6.45, 7) is 4.61. The lowest BCUT2D eigenvalue weighted by Crippen LogP contribution is -2.21. The normalized spacial score (nSPS) is 12.2. The molecule has 0 aromatic rings. The van der Waals surface area contributed by atoms with Gasteiger partial charge in [-0.05, 0) is 38.5 Å². The highest BCUT2D eigenvalue weighted by Gasteiger charge is 2.22. The standard InChI is InChI=1S/C36H68O4/c1-3-5-6-7-8-9-10-11-12-13-14-15-16-17-18-19-20-21-22-23-24-25-26-27-28-29-30-31-34(33-35(37)38)36(39)40-32-4-2/h14-15,34H,3-13,16-33H2,1-2H3,(H,37,38)/b15-14+. The number of hydrogen-bond donors (Lipinski definition) is 1. The Bertz CT molecular complexity index is 571. The van der Waals surface area contributed by atoms with Gasteiger partial charge >= 0.3 is 11.9 Å². The Morgan fingerprint density at radius 2 is 0.925 bits per heavy atom. The fourth-order valence-electron chi connectivity index (χ4n) is 5.42. The molecule has 0 amide bonds. The summed E-state index contributed by atoms with van der Waals surface area (Å²) in [6, 6.07) is 0. The number of carboxylic acids is 1. The van der Waals surface area contributed by atoms with Gasteiger partial charge in [-0.1, -0.05) is 161 Å². The Hall–Kier alpha value is -1.32. The second-order valence-electron chi connectivity index (χ2n) is 12.1. The van der Waals surface area contributed by atoms with E-state index in [1.54, 1.807) is 0 Å². The molecule has 0 aliphatic rings. The van der Waals surface area contributed by atoms with Crippen molar-refractivity contribution in [1.29, 1.82) is 0 Å². The first-order valence-corrected chi connectivity index (χ1v) is 17.6. The summed E-state index contributed by atoms with van der Waals surface area (Å²) in [5, 5.41) is 9.05. The van der Waals surface area contributed by atoms with Crippen molar-refractivity contribution in [1.82, 2.24) is 0 Å². The molecule has 0 saturated heterocycles. The van der Waals surface area contributed by atoms with Crippen LogP contribution in [-0.4, -0.2) is 23.7 Å². The average molecular weight is 565 g/mol. The maximum absolute atomic E-state index is 12.0. The highest BCUT2D eigenvalue weighted by atomic mass is 16.5. The number of aliphatic carboxylic acids is 1. The number of rotatable bonds is 32. The Morgan fingerprint density at radius 3 is 1.30 bits per heavy atom. The van der Waals surface area contributed by atoms with Gasteiger partial charge in [0.05, 0.1) is 18.9 Å². The molecule has 4 nitrogen and oxygen atoms in total. The summed E-state index contributed by atoms with van der Waals surface area (Å²) in [4.78, 5) is 23.1. The summed E-state index contributed by atoms with van der Waals surface area (Å²) < 4.78 is 5.16. The van der Waals surface area contributed by atoms with E-state index in [1.165, 1.54) is 148 Å². The lowest BCUT2D eigenvalue weighted by atomic mass is 9.97. The fourth-order valence-corrected chi connectivity index (χ4v) is 5.42. The van der Waals surface area contributed by atoms with E-state index in [2.05, 4.69) is 19.1 Å². The molecule has 0 aliphatic carbocycles. The van der Waals surface area contributed by atoms with Gasteiger partial charge in [0.2, 0.25) is 0 Å². The molecule has 0 radical (unpaired) electrons. The van der Waals surface area contributed by atoms with E-state index in [4.69, 9.17) is 9.84 Å². The number of allylic oxidation sites excluding steroid dienone is 2. The molecule has 0 aromatic heterocycles. The molecule has 4 heteroatoms. The van der Waals surface area contributed by atoms with Gasteiger partial charge in [0.1, 0.15) is 0 Å². The van der Waals surface area contributed by atoms with Gasteiger partial charge in [0, 0.05) is 0 Å². The van der Waals surface area contributed by atoms with Gasteiger partial charge in [0.15, 0.2) is 0 Å². The molecule has 40 heavy (non-hydrogen) atoms.